The fraction of sp³-hybridized carbons (Fsp3) is 0.692. The van der Waals surface area contributed by atoms with Gasteiger partial charge >= 0.3 is 11.9 Å². The number of aliphatic carboxylic acids is 1. The molecule has 0 heterocycles. The standard InChI is InChI=1S/C26H38O7/c1-3-4-5-8-19(27)10-11-20-21-12-17-7-6-9-24(22(17)13-18(21)14-23(20)28)32-15-25(29)33-16(2)26(30)31/h6-7,9,16,18-21,23,27-28H,3-5,8,10-15H2,1-2H3,(H,30,31)/t16-,18+,19+,20-,21+,23-/m1/s1. The molecule has 33 heavy (non-hydrogen) atoms. The maximum Gasteiger partial charge on any atom is 0.345 e. The number of benzene rings is 1. The smallest absolute Gasteiger partial charge is 0.345 e. The molecule has 0 unspecified atom stereocenters. The van der Waals surface area contributed by atoms with Gasteiger partial charge in [0.15, 0.2) is 12.7 Å². The van der Waals surface area contributed by atoms with Gasteiger partial charge in [0.1, 0.15) is 5.75 Å². The first-order valence-corrected chi connectivity index (χ1v) is 12.3. The molecule has 0 saturated heterocycles. The van der Waals surface area contributed by atoms with E-state index in [4.69, 9.17) is 14.6 Å². The Hall–Kier alpha value is -2.12. The van der Waals surface area contributed by atoms with E-state index in [2.05, 4.69) is 13.0 Å². The maximum atomic E-state index is 11.9. The lowest BCUT2D eigenvalue weighted by molar-refractivity contribution is -0.163. The summed E-state index contributed by atoms with van der Waals surface area (Å²) >= 11 is 0. The summed E-state index contributed by atoms with van der Waals surface area (Å²) in [5.41, 5.74) is 2.23. The van der Waals surface area contributed by atoms with E-state index in [1.54, 1.807) is 0 Å². The van der Waals surface area contributed by atoms with Crippen LogP contribution in [-0.4, -0.2) is 52.2 Å². The second-order valence-electron chi connectivity index (χ2n) is 9.68. The summed E-state index contributed by atoms with van der Waals surface area (Å²) in [6.45, 7) is 3.12. The Bertz CT molecular complexity index is 808. The van der Waals surface area contributed by atoms with Crippen LogP contribution in [0.4, 0.5) is 0 Å². The van der Waals surface area contributed by atoms with Gasteiger partial charge in [0.2, 0.25) is 0 Å². The molecule has 0 radical (unpaired) electrons. The number of rotatable bonds is 12. The molecule has 2 aliphatic carbocycles. The van der Waals surface area contributed by atoms with Crippen molar-refractivity contribution < 1.29 is 34.4 Å². The lowest BCUT2D eigenvalue weighted by atomic mass is 9.73. The number of hydrogen-bond acceptors (Lipinski definition) is 6. The van der Waals surface area contributed by atoms with E-state index in [0.717, 1.165) is 63.4 Å². The van der Waals surface area contributed by atoms with Crippen LogP contribution in [0.15, 0.2) is 18.2 Å². The highest BCUT2D eigenvalue weighted by molar-refractivity contribution is 5.78. The second kappa shape index (κ2) is 11.8. The van der Waals surface area contributed by atoms with Gasteiger partial charge in [0.05, 0.1) is 12.2 Å². The van der Waals surface area contributed by atoms with E-state index in [1.165, 1.54) is 12.5 Å². The lowest BCUT2D eigenvalue weighted by Gasteiger charge is -2.32. The van der Waals surface area contributed by atoms with Gasteiger partial charge in [0.25, 0.3) is 0 Å². The monoisotopic (exact) mass is 462 g/mol. The molecule has 1 fully saturated rings. The molecule has 0 spiro atoms. The van der Waals surface area contributed by atoms with Crippen LogP contribution >= 0.6 is 0 Å². The summed E-state index contributed by atoms with van der Waals surface area (Å²) in [6, 6.07) is 5.80. The lowest BCUT2D eigenvalue weighted by Crippen LogP contribution is -2.29. The SMILES string of the molecule is CCCCC[C@H](O)CC[C@@H]1[C@H]2Cc3cccc(OCC(=O)O[C@H](C)C(=O)O)c3C[C@H]2C[C@H]1O. The third kappa shape index (κ3) is 6.70. The van der Waals surface area contributed by atoms with Crippen LogP contribution < -0.4 is 4.74 Å². The average Bonchev–Trinajstić information content (AvgIpc) is 3.08. The second-order valence-corrected chi connectivity index (χ2v) is 9.68. The molecule has 7 heteroatoms. The van der Waals surface area contributed by atoms with Crippen LogP contribution in [0.5, 0.6) is 5.75 Å². The van der Waals surface area contributed by atoms with E-state index in [9.17, 15) is 19.8 Å². The summed E-state index contributed by atoms with van der Waals surface area (Å²) in [4.78, 5) is 22.8. The minimum atomic E-state index is -1.21. The van der Waals surface area contributed by atoms with Gasteiger partial charge in [-0.05, 0) is 80.4 Å². The van der Waals surface area contributed by atoms with Crippen molar-refractivity contribution in [1.29, 1.82) is 0 Å². The number of carboxylic acid groups (broad SMARTS) is 1. The Labute approximate surface area is 196 Å². The number of aliphatic hydroxyl groups is 2. The molecule has 184 valence electrons. The first-order chi connectivity index (χ1) is 15.8. The average molecular weight is 463 g/mol. The van der Waals surface area contributed by atoms with Crippen LogP contribution in [0.1, 0.15) is 69.9 Å². The highest BCUT2D eigenvalue weighted by atomic mass is 16.6. The molecule has 1 aromatic carbocycles. The van der Waals surface area contributed by atoms with Crippen molar-refractivity contribution in [1.82, 2.24) is 0 Å². The Morgan fingerprint density at radius 2 is 1.97 bits per heavy atom. The first kappa shape index (κ1) is 25.5. The zero-order valence-corrected chi connectivity index (χ0v) is 19.7. The first-order valence-electron chi connectivity index (χ1n) is 12.3. The summed E-state index contributed by atoms with van der Waals surface area (Å²) in [5.74, 6) is -0.374. The van der Waals surface area contributed by atoms with Crippen molar-refractivity contribution in [3.05, 3.63) is 29.3 Å². The normalized spacial score (nSPS) is 25.6. The van der Waals surface area contributed by atoms with Crippen molar-refractivity contribution >= 4 is 11.9 Å². The Morgan fingerprint density at radius 3 is 2.70 bits per heavy atom. The molecule has 3 rings (SSSR count). The zero-order valence-electron chi connectivity index (χ0n) is 19.7. The number of carboxylic acids is 1. The fourth-order valence-electron chi connectivity index (χ4n) is 5.52. The number of esters is 1. The largest absolute Gasteiger partial charge is 0.482 e. The molecular formula is C26H38O7. The minimum absolute atomic E-state index is 0.195. The van der Waals surface area contributed by atoms with Crippen LogP contribution in [-0.2, 0) is 27.2 Å². The van der Waals surface area contributed by atoms with Gasteiger partial charge in [-0.2, -0.15) is 0 Å². The van der Waals surface area contributed by atoms with Crippen LogP contribution in [0.2, 0.25) is 0 Å². The van der Waals surface area contributed by atoms with E-state index < -0.39 is 18.0 Å². The molecule has 0 aromatic heterocycles. The number of carbonyl (C=O) groups is 2. The van der Waals surface area contributed by atoms with Crippen LogP contribution in [0, 0.1) is 17.8 Å². The summed E-state index contributed by atoms with van der Waals surface area (Å²) in [6.07, 6.45) is 6.28. The predicted octanol–water partition coefficient (Wildman–Crippen LogP) is 3.51. The molecule has 1 aromatic rings. The molecule has 0 amide bonds. The number of ether oxygens (including phenoxy) is 2. The Morgan fingerprint density at radius 1 is 1.18 bits per heavy atom. The molecule has 0 bridgehead atoms. The number of fused-ring (bicyclic) bond motifs is 2. The topological polar surface area (TPSA) is 113 Å². The van der Waals surface area contributed by atoms with Gasteiger partial charge in [-0.15, -0.1) is 0 Å². The summed E-state index contributed by atoms with van der Waals surface area (Å²) in [7, 11) is 0. The van der Waals surface area contributed by atoms with Crippen LogP contribution in [0.25, 0.3) is 0 Å². The number of hydrogen-bond donors (Lipinski definition) is 3. The number of carbonyl (C=O) groups excluding carboxylic acids is 1. The van der Waals surface area contributed by atoms with E-state index in [-0.39, 0.29) is 24.7 Å². The van der Waals surface area contributed by atoms with Gasteiger partial charge in [0, 0.05) is 0 Å². The molecule has 3 N–H and O–H groups in total. The van der Waals surface area contributed by atoms with E-state index >= 15 is 0 Å². The van der Waals surface area contributed by atoms with Crippen molar-refractivity contribution in [2.75, 3.05) is 6.61 Å². The van der Waals surface area contributed by atoms with Crippen molar-refractivity contribution in [3.8, 4) is 5.75 Å². The third-order valence-corrected chi connectivity index (χ3v) is 7.32. The highest BCUT2D eigenvalue weighted by Gasteiger charge is 2.44. The van der Waals surface area contributed by atoms with Crippen LogP contribution in [0.3, 0.4) is 0 Å². The maximum absolute atomic E-state index is 11.9. The Kier molecular flexibility index (Phi) is 9.15. The van der Waals surface area contributed by atoms with Gasteiger partial charge in [-0.25, -0.2) is 9.59 Å². The van der Waals surface area contributed by atoms with Gasteiger partial charge < -0.3 is 24.8 Å². The molecular weight excluding hydrogens is 424 g/mol. The van der Waals surface area contributed by atoms with Gasteiger partial charge in [-0.1, -0.05) is 38.3 Å². The number of aliphatic hydroxyl groups excluding tert-OH is 2. The van der Waals surface area contributed by atoms with Gasteiger partial charge in [-0.3, -0.25) is 0 Å². The minimum Gasteiger partial charge on any atom is -0.482 e. The molecule has 0 aliphatic heterocycles. The summed E-state index contributed by atoms with van der Waals surface area (Å²) in [5, 5.41) is 30.0. The van der Waals surface area contributed by atoms with E-state index in [1.807, 2.05) is 12.1 Å². The third-order valence-electron chi connectivity index (χ3n) is 7.32. The highest BCUT2D eigenvalue weighted by Crippen LogP contribution is 2.48. The zero-order chi connectivity index (χ0) is 24.0. The van der Waals surface area contributed by atoms with E-state index in [0.29, 0.717) is 17.6 Å². The van der Waals surface area contributed by atoms with Crippen molar-refractivity contribution in [3.63, 3.8) is 0 Å². The number of unbranched alkanes of at least 4 members (excludes halogenated alkanes) is 2. The molecule has 6 atom stereocenters. The summed E-state index contributed by atoms with van der Waals surface area (Å²) < 4.78 is 10.5. The molecule has 2 aliphatic rings. The fourth-order valence-corrected chi connectivity index (χ4v) is 5.52. The predicted molar refractivity (Wildman–Crippen MR) is 123 cm³/mol. The Balaban J connectivity index is 1.59. The van der Waals surface area contributed by atoms with Crippen molar-refractivity contribution in [2.24, 2.45) is 17.8 Å². The van der Waals surface area contributed by atoms with Crippen molar-refractivity contribution in [2.45, 2.75) is 89.9 Å². The quantitative estimate of drug-likeness (QED) is 0.322. The molecule has 7 nitrogen and oxygen atoms in total. The molecule has 1 saturated carbocycles.